The van der Waals surface area contributed by atoms with E-state index >= 15 is 0 Å². The average molecular weight is 287 g/mol. The molecule has 0 saturated heterocycles. The Labute approximate surface area is 107 Å². The largest absolute Gasteiger partial charge is 0.468 e. The first-order chi connectivity index (χ1) is 8.54. The number of sulfonamides is 1. The Kier molecular flexibility index (Phi) is 3.55. The van der Waals surface area contributed by atoms with Gasteiger partial charge in [-0.25, -0.2) is 8.42 Å². The third kappa shape index (κ3) is 2.47. The molecule has 0 aliphatic rings. The first-order valence-electron chi connectivity index (χ1n) is 4.82. The van der Waals surface area contributed by atoms with Crippen LogP contribution in [0.15, 0.2) is 23.1 Å². The van der Waals surface area contributed by atoms with Crippen LogP contribution in [0.3, 0.4) is 0 Å². The number of carbonyl (C=O) groups is 1. The summed E-state index contributed by atoms with van der Waals surface area (Å²) in [5.41, 5.74) is 0.792. The van der Waals surface area contributed by atoms with Gasteiger partial charge < -0.3 is 4.74 Å². The lowest BCUT2D eigenvalue weighted by Gasteiger charge is -2.05. The molecule has 1 aromatic carbocycles. The predicted molar refractivity (Wildman–Crippen MR) is 64.6 cm³/mol. The summed E-state index contributed by atoms with van der Waals surface area (Å²) in [7, 11) is -2.63. The van der Waals surface area contributed by atoms with Crippen LogP contribution >= 0.6 is 11.7 Å². The lowest BCUT2D eigenvalue weighted by atomic mass is 10.3. The highest BCUT2D eigenvalue weighted by Crippen LogP contribution is 2.20. The van der Waals surface area contributed by atoms with Crippen molar-refractivity contribution < 1.29 is 17.9 Å². The number of ether oxygens (including phenoxy) is 1. The molecule has 0 unspecified atom stereocenters. The number of nitrogens with zero attached hydrogens (tertiary/aromatic N) is 2. The molecule has 1 N–H and O–H groups in total. The minimum atomic E-state index is -3.81. The van der Waals surface area contributed by atoms with Crippen molar-refractivity contribution >= 4 is 38.8 Å². The maximum atomic E-state index is 12.0. The van der Waals surface area contributed by atoms with Gasteiger partial charge in [-0.05, 0) is 12.1 Å². The van der Waals surface area contributed by atoms with E-state index in [4.69, 9.17) is 0 Å². The molecule has 0 saturated carbocycles. The molecule has 0 atom stereocenters. The molecule has 1 aromatic heterocycles. The highest BCUT2D eigenvalue weighted by molar-refractivity contribution is 7.89. The Bertz CT molecular complexity index is 680. The van der Waals surface area contributed by atoms with Crippen LogP contribution in [0, 0.1) is 0 Å². The van der Waals surface area contributed by atoms with Crippen LogP contribution in [0.4, 0.5) is 0 Å². The number of methoxy groups -OCH3 is 1. The fourth-order valence-corrected chi connectivity index (χ4v) is 3.04. The van der Waals surface area contributed by atoms with Crippen molar-refractivity contribution in [2.45, 2.75) is 4.90 Å². The summed E-state index contributed by atoms with van der Waals surface area (Å²) in [6, 6.07) is 4.64. The van der Waals surface area contributed by atoms with E-state index in [1.807, 2.05) is 0 Å². The van der Waals surface area contributed by atoms with Gasteiger partial charge in [0, 0.05) is 0 Å². The van der Waals surface area contributed by atoms with Gasteiger partial charge in [-0.15, -0.1) is 0 Å². The summed E-state index contributed by atoms with van der Waals surface area (Å²) < 4.78 is 38.3. The van der Waals surface area contributed by atoms with E-state index in [2.05, 4.69) is 18.2 Å². The highest BCUT2D eigenvalue weighted by atomic mass is 32.2. The lowest BCUT2D eigenvalue weighted by Crippen LogP contribution is -2.30. The lowest BCUT2D eigenvalue weighted by molar-refractivity contribution is -0.139. The van der Waals surface area contributed by atoms with E-state index in [1.165, 1.54) is 13.2 Å². The number of benzene rings is 1. The molecular weight excluding hydrogens is 278 g/mol. The van der Waals surface area contributed by atoms with E-state index in [-0.39, 0.29) is 4.90 Å². The van der Waals surface area contributed by atoms with Gasteiger partial charge in [0.2, 0.25) is 10.0 Å². The number of rotatable bonds is 4. The summed E-state index contributed by atoms with van der Waals surface area (Å²) in [6.07, 6.45) is 0. The van der Waals surface area contributed by atoms with Crippen LogP contribution in [0.2, 0.25) is 0 Å². The summed E-state index contributed by atoms with van der Waals surface area (Å²) in [4.78, 5) is 10.9. The van der Waals surface area contributed by atoms with Gasteiger partial charge in [0.1, 0.15) is 22.5 Å². The Morgan fingerprint density at radius 2 is 2.22 bits per heavy atom. The number of hydrogen-bond donors (Lipinski definition) is 1. The van der Waals surface area contributed by atoms with E-state index in [1.54, 1.807) is 12.1 Å². The molecular formula is C9H9N3O4S2. The number of aromatic nitrogens is 2. The van der Waals surface area contributed by atoms with Crippen LogP contribution in [0.25, 0.3) is 11.0 Å². The number of carbonyl (C=O) groups excluding carboxylic acids is 1. The van der Waals surface area contributed by atoms with Crippen LogP contribution in [-0.2, 0) is 19.6 Å². The van der Waals surface area contributed by atoms with Crippen LogP contribution in [0.1, 0.15) is 0 Å². The van der Waals surface area contributed by atoms with Gasteiger partial charge >= 0.3 is 5.97 Å². The minimum Gasteiger partial charge on any atom is -0.468 e. The first-order valence-corrected chi connectivity index (χ1v) is 7.04. The number of hydrogen-bond acceptors (Lipinski definition) is 7. The van der Waals surface area contributed by atoms with Gasteiger partial charge in [-0.3, -0.25) is 4.79 Å². The van der Waals surface area contributed by atoms with E-state index in [0.29, 0.717) is 11.0 Å². The molecule has 7 nitrogen and oxygen atoms in total. The van der Waals surface area contributed by atoms with Crippen molar-refractivity contribution in [3.63, 3.8) is 0 Å². The van der Waals surface area contributed by atoms with E-state index < -0.39 is 22.5 Å². The van der Waals surface area contributed by atoms with Crippen molar-refractivity contribution in [2.75, 3.05) is 13.7 Å². The van der Waals surface area contributed by atoms with Gasteiger partial charge in [-0.2, -0.15) is 13.5 Å². The van der Waals surface area contributed by atoms with Crippen LogP contribution < -0.4 is 4.72 Å². The van der Waals surface area contributed by atoms with Crippen LogP contribution in [0.5, 0.6) is 0 Å². The van der Waals surface area contributed by atoms with Crippen molar-refractivity contribution in [3.05, 3.63) is 18.2 Å². The Balaban J connectivity index is 2.35. The zero-order chi connectivity index (χ0) is 13.2. The Morgan fingerprint density at radius 3 is 2.94 bits per heavy atom. The molecule has 0 bridgehead atoms. The molecule has 2 rings (SSSR count). The second kappa shape index (κ2) is 4.96. The molecule has 0 radical (unpaired) electrons. The predicted octanol–water partition coefficient (Wildman–Crippen LogP) is 0.143. The zero-order valence-corrected chi connectivity index (χ0v) is 10.9. The molecule has 0 aliphatic carbocycles. The van der Waals surface area contributed by atoms with Crippen molar-refractivity contribution in [3.8, 4) is 0 Å². The van der Waals surface area contributed by atoms with Crippen molar-refractivity contribution in [1.29, 1.82) is 0 Å². The van der Waals surface area contributed by atoms with Gasteiger partial charge in [0.15, 0.2) is 0 Å². The third-order valence-electron chi connectivity index (χ3n) is 2.17. The quantitative estimate of drug-likeness (QED) is 0.803. The van der Waals surface area contributed by atoms with Gasteiger partial charge in [0.25, 0.3) is 0 Å². The maximum Gasteiger partial charge on any atom is 0.320 e. The Hall–Kier alpha value is -1.58. The molecule has 2 aromatic rings. The molecule has 0 amide bonds. The monoisotopic (exact) mass is 287 g/mol. The number of nitrogens with one attached hydrogen (secondary N) is 1. The highest BCUT2D eigenvalue weighted by Gasteiger charge is 2.20. The minimum absolute atomic E-state index is 0.00217. The molecule has 0 fully saturated rings. The summed E-state index contributed by atoms with van der Waals surface area (Å²) >= 11 is 0.928. The zero-order valence-electron chi connectivity index (χ0n) is 9.28. The molecule has 9 heteroatoms. The molecule has 0 spiro atoms. The summed E-state index contributed by atoms with van der Waals surface area (Å²) in [5.74, 6) is -0.665. The number of esters is 1. The van der Waals surface area contributed by atoms with Crippen molar-refractivity contribution in [1.82, 2.24) is 13.5 Å². The maximum absolute atomic E-state index is 12.0. The van der Waals surface area contributed by atoms with Gasteiger partial charge in [-0.1, -0.05) is 6.07 Å². The topological polar surface area (TPSA) is 98.2 Å². The van der Waals surface area contributed by atoms with Crippen LogP contribution in [-0.4, -0.2) is 36.8 Å². The SMILES string of the molecule is COC(=O)CNS(=O)(=O)c1cccc2nsnc12. The standard InChI is InChI=1S/C9H9N3O4S2/c1-16-8(13)5-10-18(14,15)7-4-2-3-6-9(7)12-17-11-6/h2-4,10H,5H2,1H3. The molecule has 18 heavy (non-hydrogen) atoms. The van der Waals surface area contributed by atoms with E-state index in [9.17, 15) is 13.2 Å². The molecule has 96 valence electrons. The fourth-order valence-electron chi connectivity index (χ4n) is 1.30. The molecule has 0 aliphatic heterocycles. The second-order valence-corrected chi connectivity index (χ2v) is 5.55. The third-order valence-corrected chi connectivity index (χ3v) is 4.15. The summed E-state index contributed by atoms with van der Waals surface area (Å²) in [5, 5.41) is 0. The smallest absolute Gasteiger partial charge is 0.320 e. The van der Waals surface area contributed by atoms with E-state index in [0.717, 1.165) is 11.7 Å². The normalized spacial score (nSPS) is 11.6. The first kappa shape index (κ1) is 12.9. The van der Waals surface area contributed by atoms with Gasteiger partial charge in [0.05, 0.1) is 18.8 Å². The van der Waals surface area contributed by atoms with Crippen molar-refractivity contribution in [2.24, 2.45) is 0 Å². The second-order valence-electron chi connectivity index (χ2n) is 3.29. The average Bonchev–Trinajstić information content (AvgIpc) is 2.83. The number of fused-ring (bicyclic) bond motifs is 1. The fraction of sp³-hybridized carbons (Fsp3) is 0.222. The summed E-state index contributed by atoms with van der Waals surface area (Å²) in [6.45, 7) is -0.424. The molecule has 1 heterocycles. The Morgan fingerprint density at radius 1 is 1.44 bits per heavy atom.